The first-order valence-corrected chi connectivity index (χ1v) is 35.9. The molecule has 3 saturated heterocycles. The zero-order valence-corrected chi connectivity index (χ0v) is 60.4. The van der Waals surface area contributed by atoms with Crippen molar-refractivity contribution in [3.8, 4) is 0 Å². The average molecular weight is 1490 g/mol. The van der Waals surface area contributed by atoms with Crippen molar-refractivity contribution in [1.82, 2.24) is 79.0 Å². The molecule has 32 nitrogen and oxygen atoms in total. The molecule has 33 heteroatoms. The van der Waals surface area contributed by atoms with Crippen LogP contribution in [0.25, 0.3) is 10.8 Å². The van der Waals surface area contributed by atoms with Crippen LogP contribution in [0.2, 0.25) is 5.02 Å². The second kappa shape index (κ2) is 39.5. The minimum absolute atomic E-state index is 0.00322. The molecule has 570 valence electrons. The average Bonchev–Trinajstić information content (AvgIpc) is 1.76. The zero-order chi connectivity index (χ0) is 77.3. The van der Waals surface area contributed by atoms with Crippen LogP contribution < -0.4 is 80.6 Å². The van der Waals surface area contributed by atoms with E-state index < -0.39 is 181 Å². The first kappa shape index (κ1) is 81.1. The summed E-state index contributed by atoms with van der Waals surface area (Å²) in [7, 11) is 0. The van der Waals surface area contributed by atoms with Gasteiger partial charge in [0.2, 0.25) is 82.7 Å². The number of pyridine rings is 1. The number of hydrogen-bond acceptors (Lipinski definition) is 16. The van der Waals surface area contributed by atoms with Crippen molar-refractivity contribution in [2.75, 3.05) is 26.2 Å². The van der Waals surface area contributed by atoms with Crippen LogP contribution in [-0.2, 0) is 92.8 Å². The highest BCUT2D eigenvalue weighted by Crippen LogP contribution is 2.22. The molecule has 18 N–H and O–H groups in total. The van der Waals surface area contributed by atoms with Crippen LogP contribution in [0.15, 0.2) is 122 Å². The molecule has 11 unspecified atom stereocenters. The summed E-state index contributed by atoms with van der Waals surface area (Å²) in [6.45, 7) is 3.66. The molecule has 2 bridgehead atoms. The van der Waals surface area contributed by atoms with Crippen molar-refractivity contribution in [1.29, 1.82) is 5.41 Å². The Morgan fingerprint density at radius 3 is 1.93 bits per heavy atom. The lowest BCUT2D eigenvalue weighted by molar-refractivity contribution is -0.142. The van der Waals surface area contributed by atoms with Crippen LogP contribution in [-0.4, -0.2) is 191 Å². The second-order valence-electron chi connectivity index (χ2n) is 27.2. The summed E-state index contributed by atoms with van der Waals surface area (Å²) in [5.41, 5.74) is 13.5. The number of benzene rings is 4. The van der Waals surface area contributed by atoms with Crippen LogP contribution in [0, 0.1) is 11.3 Å². The molecule has 8 rings (SSSR count). The molecule has 0 radical (unpaired) electrons. The van der Waals surface area contributed by atoms with Crippen LogP contribution >= 0.6 is 11.6 Å². The number of fused-ring (bicyclic) bond motifs is 11. The maximum Gasteiger partial charge on any atom is 0.245 e. The lowest BCUT2D eigenvalue weighted by Gasteiger charge is -2.31. The van der Waals surface area contributed by atoms with Gasteiger partial charge < -0.3 is 85.5 Å². The number of aromatic nitrogens is 1. The van der Waals surface area contributed by atoms with E-state index in [9.17, 15) is 47.9 Å². The number of halogens is 1. The Morgan fingerprint density at radius 1 is 0.607 bits per heavy atom. The van der Waals surface area contributed by atoms with E-state index in [1.165, 1.54) is 24.2 Å². The maximum absolute atomic E-state index is 15.4. The number of nitrogens with two attached hydrogens (primary N) is 2. The number of rotatable bonds is 22. The number of nitrogens with one attached hydrogen (secondary N) is 14. The van der Waals surface area contributed by atoms with Gasteiger partial charge in [-0.25, -0.2) is 0 Å². The van der Waals surface area contributed by atoms with Gasteiger partial charge in [-0.2, -0.15) is 0 Å². The Kier molecular flexibility index (Phi) is 30.0. The fourth-order valence-electron chi connectivity index (χ4n) is 12.8. The van der Waals surface area contributed by atoms with Crippen molar-refractivity contribution in [3.63, 3.8) is 0 Å². The Labute approximate surface area is 622 Å². The summed E-state index contributed by atoms with van der Waals surface area (Å²) in [6, 6.07) is 13.9. The smallest absolute Gasteiger partial charge is 0.245 e. The number of nitrogens with zero attached hydrogens (tertiary/aromatic N) is 2. The molecule has 5 aromatic rings. The predicted molar refractivity (Wildman–Crippen MR) is 393 cm³/mol. The molecule has 0 saturated carbocycles. The molecule has 3 aliphatic rings. The quantitative estimate of drug-likeness (QED) is 0.0165. The molecular formula is C74H93ClN18O14. The number of primary amides is 1. The number of hydrogen-bond donors (Lipinski definition) is 16. The fraction of sp³-hybridized carbons (Fsp3) is 0.432. The van der Waals surface area contributed by atoms with Crippen LogP contribution in [0.1, 0.15) is 101 Å². The monoisotopic (exact) mass is 1490 g/mol. The minimum Gasteiger partial charge on any atom is -0.370 e. The van der Waals surface area contributed by atoms with E-state index in [2.05, 4.69) is 74.1 Å². The van der Waals surface area contributed by atoms with E-state index in [0.29, 0.717) is 27.3 Å². The van der Waals surface area contributed by atoms with Gasteiger partial charge >= 0.3 is 0 Å². The summed E-state index contributed by atoms with van der Waals surface area (Å²) >= 11 is 6.28. The lowest BCUT2D eigenvalue weighted by Crippen LogP contribution is -2.61. The highest BCUT2D eigenvalue weighted by molar-refractivity contribution is 6.30. The van der Waals surface area contributed by atoms with Crippen LogP contribution in [0.4, 0.5) is 0 Å². The van der Waals surface area contributed by atoms with Crippen LogP contribution in [0.3, 0.4) is 0 Å². The summed E-state index contributed by atoms with van der Waals surface area (Å²) in [4.78, 5) is 209. The summed E-state index contributed by atoms with van der Waals surface area (Å²) in [5, 5.41) is 44.3. The van der Waals surface area contributed by atoms with Gasteiger partial charge in [-0.15, -0.1) is 0 Å². The van der Waals surface area contributed by atoms with Gasteiger partial charge in [0.1, 0.15) is 66.5 Å². The Balaban J connectivity index is 1.20. The van der Waals surface area contributed by atoms with E-state index in [4.69, 9.17) is 28.5 Å². The molecule has 1 aromatic heterocycles. The Hall–Kier alpha value is -11.6. The summed E-state index contributed by atoms with van der Waals surface area (Å²) in [6.07, 6.45) is -0.367. The molecule has 14 amide bonds. The minimum atomic E-state index is -2.08. The zero-order valence-electron chi connectivity index (χ0n) is 59.6. The fourth-order valence-corrected chi connectivity index (χ4v) is 12.9. The van der Waals surface area contributed by atoms with Crippen LogP contribution in [0.5, 0.6) is 0 Å². The molecule has 4 aromatic carbocycles. The van der Waals surface area contributed by atoms with Gasteiger partial charge in [-0.3, -0.25) is 77.5 Å². The molecule has 11 atom stereocenters. The molecule has 3 fully saturated rings. The van der Waals surface area contributed by atoms with E-state index in [1.54, 1.807) is 86.6 Å². The van der Waals surface area contributed by atoms with Gasteiger partial charge in [0.25, 0.3) is 0 Å². The van der Waals surface area contributed by atoms with Crippen molar-refractivity contribution < 1.29 is 67.1 Å². The third kappa shape index (κ3) is 25.1. The van der Waals surface area contributed by atoms with E-state index in [-0.39, 0.29) is 89.8 Å². The first-order chi connectivity index (χ1) is 51.2. The molecular weight excluding hydrogens is 1400 g/mol. The first-order valence-electron chi connectivity index (χ1n) is 35.5. The number of carbonyl (C=O) groups excluding carboxylic acids is 14. The Bertz CT molecular complexity index is 4060. The summed E-state index contributed by atoms with van der Waals surface area (Å²) in [5.74, 6) is -13.9. The third-order valence-corrected chi connectivity index (χ3v) is 18.5. The van der Waals surface area contributed by atoms with Crippen molar-refractivity contribution in [2.45, 2.75) is 171 Å². The highest BCUT2D eigenvalue weighted by Gasteiger charge is 2.42. The van der Waals surface area contributed by atoms with Gasteiger partial charge in [0, 0.05) is 82.6 Å². The topological polar surface area (TPSA) is 487 Å². The third-order valence-electron chi connectivity index (χ3n) is 18.3. The number of guanidine groups is 1. The molecule has 0 spiro atoms. The van der Waals surface area contributed by atoms with Gasteiger partial charge in [0.05, 0.1) is 6.42 Å². The lowest BCUT2D eigenvalue weighted by atomic mass is 9.99. The summed E-state index contributed by atoms with van der Waals surface area (Å²) < 4.78 is 0. The normalized spacial score (nSPS) is 21.9. The van der Waals surface area contributed by atoms with Gasteiger partial charge in [-0.05, 0) is 102 Å². The van der Waals surface area contributed by atoms with Crippen molar-refractivity contribution in [3.05, 3.63) is 149 Å². The van der Waals surface area contributed by atoms with Gasteiger partial charge in [-0.1, -0.05) is 116 Å². The Morgan fingerprint density at radius 2 is 1.24 bits per heavy atom. The second-order valence-corrected chi connectivity index (χ2v) is 27.6. The highest BCUT2D eigenvalue weighted by atomic mass is 35.5. The maximum atomic E-state index is 15.4. The van der Waals surface area contributed by atoms with Gasteiger partial charge in [0.15, 0.2) is 5.96 Å². The largest absolute Gasteiger partial charge is 0.370 e. The predicted octanol–water partition coefficient (Wildman–Crippen LogP) is -1.37. The number of amides is 14. The van der Waals surface area contributed by atoms with E-state index >= 15 is 19.2 Å². The molecule has 107 heavy (non-hydrogen) atoms. The van der Waals surface area contributed by atoms with E-state index in [0.717, 1.165) is 10.8 Å². The van der Waals surface area contributed by atoms with Crippen molar-refractivity contribution in [2.24, 2.45) is 17.4 Å². The molecule has 3 aliphatic heterocycles. The van der Waals surface area contributed by atoms with E-state index in [1.807, 2.05) is 36.4 Å². The number of carbonyl (C=O) groups is 14. The molecule has 0 aliphatic carbocycles. The van der Waals surface area contributed by atoms with Crippen molar-refractivity contribution >= 4 is 111 Å². The standard InChI is InChI=1S/C74H93ClN18O14/c1-41(2)32-53-67(101)87-52-27-30-80-64(98)54(34-43-12-5-4-6-13-43)84-61(95)26-25-51(66(100)85-50(65(99)88-53)17-10-29-81-74(77)78)86-71(105)58(38-62(96)82-40-59(63(76)97)92-72(106)60-18-11-31-93(60)73(52)107)91-70(104)57(37-46-14-9-28-79-39-46)90-69(103)56(35-44-20-23-49(75)24-21-44)89-68(102)55(83-42(3)94)36-45-19-22-47-15-7-8-16-48(47)33-45/h4-9,12-16,19-24,28,33,39,41,50-60H,10-11,17-18,25-27,29-32,34-38,40H2,1-3H3,(H2,76,97)(H,80,98)(H,82,96)(H,83,94)(H,84,95)(H,85,100)(H,86,105)(H,87,101)(H,88,99)(H,89,102)(H,90,103)(H,91,104)(H,92,106)(H4,77,78,81). The SMILES string of the molecule is CC(=O)NC(Cc1ccc2ccccc2c1)C(=O)NC(Cc1ccc(Cl)cc1)C(=O)NC(Cc1cccnc1)C(=O)NC1CC(=O)NCC(C(N)=O)NC(=O)C2CCCN2C(=O)C2CCNC(=O)C(Cc3ccccc3)NC(=O)CCC(NC1=O)C(=O)NC(CCCNC(=N)N)C(=O)NC(CC(C)C)C(=O)N2. The molecule has 4 heterocycles.